The summed E-state index contributed by atoms with van der Waals surface area (Å²) in [6, 6.07) is 1.24. The van der Waals surface area contributed by atoms with Crippen LogP contribution in [0.5, 0.6) is 0 Å². The van der Waals surface area contributed by atoms with Crippen molar-refractivity contribution < 1.29 is 4.39 Å². The third kappa shape index (κ3) is 3.03. The third-order valence-corrected chi connectivity index (χ3v) is 1.69. The second kappa shape index (κ2) is 4.82. The summed E-state index contributed by atoms with van der Waals surface area (Å²) in [6.07, 6.45) is 5.47. The Hall–Kier alpha value is -1.09. The molecule has 0 saturated heterocycles. The number of hydrogen-bond acceptors (Lipinski definition) is 2. The SMILES string of the molecule is Nc1cc(F)cnc1C=CCCCl. The van der Waals surface area contributed by atoms with E-state index in [1.165, 1.54) is 6.07 Å². The quantitative estimate of drug-likeness (QED) is 0.762. The molecule has 0 aliphatic rings. The number of halogens is 2. The highest BCUT2D eigenvalue weighted by molar-refractivity contribution is 6.17. The zero-order chi connectivity index (χ0) is 9.68. The molecule has 0 bridgehead atoms. The molecule has 2 N–H and O–H groups in total. The predicted octanol–water partition coefficient (Wildman–Crippen LogP) is 2.45. The van der Waals surface area contributed by atoms with E-state index in [9.17, 15) is 4.39 Å². The summed E-state index contributed by atoms with van der Waals surface area (Å²) >= 11 is 5.47. The normalized spacial score (nSPS) is 10.9. The molecule has 0 fully saturated rings. The van der Waals surface area contributed by atoms with Crippen molar-refractivity contribution >= 4 is 23.4 Å². The second-order valence-electron chi connectivity index (χ2n) is 2.51. The molecule has 4 heteroatoms. The summed E-state index contributed by atoms with van der Waals surface area (Å²) in [5.74, 6) is 0.129. The topological polar surface area (TPSA) is 38.9 Å². The lowest BCUT2D eigenvalue weighted by molar-refractivity contribution is 0.622. The highest BCUT2D eigenvalue weighted by atomic mass is 35.5. The first-order valence-corrected chi connectivity index (χ1v) is 4.41. The van der Waals surface area contributed by atoms with Crippen LogP contribution in [0.25, 0.3) is 6.08 Å². The largest absolute Gasteiger partial charge is 0.397 e. The molecule has 13 heavy (non-hydrogen) atoms. The van der Waals surface area contributed by atoms with E-state index in [2.05, 4.69) is 4.98 Å². The van der Waals surface area contributed by atoms with Crippen molar-refractivity contribution in [3.63, 3.8) is 0 Å². The van der Waals surface area contributed by atoms with Gasteiger partial charge in [-0.3, -0.25) is 4.98 Å². The van der Waals surface area contributed by atoms with Gasteiger partial charge in [-0.05, 0) is 12.5 Å². The van der Waals surface area contributed by atoms with Gasteiger partial charge in [0.05, 0.1) is 17.6 Å². The van der Waals surface area contributed by atoms with Gasteiger partial charge in [0.15, 0.2) is 0 Å². The van der Waals surface area contributed by atoms with Crippen LogP contribution in [0.2, 0.25) is 0 Å². The van der Waals surface area contributed by atoms with Crippen LogP contribution in [-0.2, 0) is 0 Å². The predicted molar refractivity (Wildman–Crippen MR) is 53.0 cm³/mol. The molecule has 0 unspecified atom stereocenters. The average molecular weight is 201 g/mol. The molecule has 0 atom stereocenters. The van der Waals surface area contributed by atoms with Crippen LogP contribution in [0.3, 0.4) is 0 Å². The zero-order valence-electron chi connectivity index (χ0n) is 7.00. The minimum Gasteiger partial charge on any atom is -0.397 e. The number of allylic oxidation sites excluding steroid dienone is 1. The number of nitrogens with zero attached hydrogens (tertiary/aromatic N) is 1. The number of alkyl halides is 1. The van der Waals surface area contributed by atoms with Crippen molar-refractivity contribution in [1.82, 2.24) is 4.98 Å². The number of hydrogen-bond donors (Lipinski definition) is 1. The first kappa shape index (κ1) is 9.99. The number of nitrogens with two attached hydrogens (primary N) is 1. The Labute approximate surface area is 81.2 Å². The number of pyridine rings is 1. The Morgan fingerprint density at radius 3 is 3.00 bits per heavy atom. The van der Waals surface area contributed by atoms with E-state index in [-0.39, 0.29) is 0 Å². The first-order valence-electron chi connectivity index (χ1n) is 3.87. The van der Waals surface area contributed by atoms with E-state index in [4.69, 9.17) is 17.3 Å². The molecule has 0 amide bonds. The van der Waals surface area contributed by atoms with Crippen molar-refractivity contribution in [3.05, 3.63) is 29.9 Å². The molecule has 70 valence electrons. The van der Waals surface area contributed by atoms with Gasteiger partial charge >= 0.3 is 0 Å². The standard InChI is InChI=1S/C9H10ClFN2/c10-4-2-1-3-9-8(12)5-7(11)6-13-9/h1,3,5-6H,2,4,12H2. The minimum atomic E-state index is -0.424. The molecule has 0 aliphatic heterocycles. The molecule has 0 saturated carbocycles. The summed E-state index contributed by atoms with van der Waals surface area (Å²) in [7, 11) is 0. The molecule has 2 nitrogen and oxygen atoms in total. The van der Waals surface area contributed by atoms with E-state index in [0.29, 0.717) is 17.3 Å². The van der Waals surface area contributed by atoms with E-state index in [0.717, 1.165) is 12.6 Å². The van der Waals surface area contributed by atoms with Gasteiger partial charge in [0.1, 0.15) is 5.82 Å². The average Bonchev–Trinajstić information content (AvgIpc) is 2.09. The molecule has 0 aliphatic carbocycles. The highest BCUT2D eigenvalue weighted by Crippen LogP contribution is 2.11. The molecule has 0 radical (unpaired) electrons. The van der Waals surface area contributed by atoms with Crippen LogP contribution in [0.15, 0.2) is 18.3 Å². The van der Waals surface area contributed by atoms with Crippen LogP contribution < -0.4 is 5.73 Å². The van der Waals surface area contributed by atoms with Crippen molar-refractivity contribution in [2.75, 3.05) is 11.6 Å². The summed E-state index contributed by atoms with van der Waals surface area (Å²) in [6.45, 7) is 0. The molecular weight excluding hydrogens is 191 g/mol. The monoisotopic (exact) mass is 200 g/mol. The molecular formula is C9H10ClFN2. The van der Waals surface area contributed by atoms with Crippen molar-refractivity contribution in [2.45, 2.75) is 6.42 Å². The van der Waals surface area contributed by atoms with E-state index in [1.54, 1.807) is 6.08 Å². The molecule has 1 rings (SSSR count). The Kier molecular flexibility index (Phi) is 3.71. The van der Waals surface area contributed by atoms with E-state index >= 15 is 0 Å². The maximum atomic E-state index is 12.5. The van der Waals surface area contributed by atoms with Crippen LogP contribution in [0.1, 0.15) is 12.1 Å². The first-order chi connectivity index (χ1) is 6.24. The van der Waals surface area contributed by atoms with Crippen molar-refractivity contribution in [2.24, 2.45) is 0 Å². The third-order valence-electron chi connectivity index (χ3n) is 1.47. The molecule has 1 aromatic heterocycles. The zero-order valence-corrected chi connectivity index (χ0v) is 7.76. The van der Waals surface area contributed by atoms with Gasteiger partial charge in [0.25, 0.3) is 0 Å². The molecule has 1 aromatic rings. The minimum absolute atomic E-state index is 0.339. The molecule has 0 aromatic carbocycles. The lowest BCUT2D eigenvalue weighted by atomic mass is 10.2. The molecule has 1 heterocycles. The number of aromatic nitrogens is 1. The van der Waals surface area contributed by atoms with Gasteiger partial charge in [-0.15, -0.1) is 11.6 Å². The van der Waals surface area contributed by atoms with Gasteiger partial charge in [-0.25, -0.2) is 4.39 Å². The Morgan fingerprint density at radius 1 is 1.62 bits per heavy atom. The Balaban J connectivity index is 2.77. The second-order valence-corrected chi connectivity index (χ2v) is 2.89. The summed E-state index contributed by atoms with van der Waals surface area (Å²) < 4.78 is 12.5. The van der Waals surface area contributed by atoms with E-state index in [1.807, 2.05) is 6.08 Å². The fourth-order valence-electron chi connectivity index (χ4n) is 0.863. The highest BCUT2D eigenvalue weighted by Gasteiger charge is 1.97. The van der Waals surface area contributed by atoms with Gasteiger partial charge in [0, 0.05) is 11.9 Å². The lowest BCUT2D eigenvalue weighted by Crippen LogP contribution is -1.93. The maximum absolute atomic E-state index is 12.5. The summed E-state index contributed by atoms with van der Waals surface area (Å²) in [5.41, 5.74) is 6.43. The summed E-state index contributed by atoms with van der Waals surface area (Å²) in [5, 5.41) is 0. The number of nitrogen functional groups attached to an aromatic ring is 1. The smallest absolute Gasteiger partial charge is 0.143 e. The van der Waals surface area contributed by atoms with Crippen LogP contribution >= 0.6 is 11.6 Å². The van der Waals surface area contributed by atoms with E-state index < -0.39 is 5.82 Å². The van der Waals surface area contributed by atoms with Gasteiger partial charge in [-0.2, -0.15) is 0 Å². The van der Waals surface area contributed by atoms with Gasteiger partial charge in [0.2, 0.25) is 0 Å². The van der Waals surface area contributed by atoms with Crippen molar-refractivity contribution in [3.8, 4) is 0 Å². The van der Waals surface area contributed by atoms with Gasteiger partial charge < -0.3 is 5.73 Å². The van der Waals surface area contributed by atoms with Crippen LogP contribution in [0, 0.1) is 5.82 Å². The maximum Gasteiger partial charge on any atom is 0.143 e. The van der Waals surface area contributed by atoms with Crippen LogP contribution in [-0.4, -0.2) is 10.9 Å². The van der Waals surface area contributed by atoms with Gasteiger partial charge in [-0.1, -0.05) is 6.08 Å². The van der Waals surface area contributed by atoms with Crippen molar-refractivity contribution in [1.29, 1.82) is 0 Å². The Bertz CT molecular complexity index is 312. The Morgan fingerprint density at radius 2 is 2.38 bits per heavy atom. The fourth-order valence-corrected chi connectivity index (χ4v) is 0.989. The number of rotatable bonds is 3. The fraction of sp³-hybridized carbons (Fsp3) is 0.222. The lowest BCUT2D eigenvalue weighted by Gasteiger charge is -1.97. The van der Waals surface area contributed by atoms with Crippen LogP contribution in [0.4, 0.5) is 10.1 Å². The summed E-state index contributed by atoms with van der Waals surface area (Å²) in [4.78, 5) is 3.82. The number of anilines is 1. The molecule has 0 spiro atoms.